The molecule has 0 radical (unpaired) electrons. The predicted octanol–water partition coefficient (Wildman–Crippen LogP) is 3.74. The highest BCUT2D eigenvalue weighted by Crippen LogP contribution is 2.39. The Morgan fingerprint density at radius 1 is 1.32 bits per heavy atom. The van der Waals surface area contributed by atoms with Crippen molar-refractivity contribution in [3.8, 4) is 0 Å². The zero-order valence-corrected chi connectivity index (χ0v) is 15.0. The maximum absolute atomic E-state index is 12.1. The number of aryl methyl sites for hydroxylation is 1. The number of ether oxygens (including phenoxy) is 1. The number of methoxy groups -OCH3 is 1. The molecule has 3 rings (SSSR count). The average Bonchev–Trinajstić information content (AvgIpc) is 3.15. The van der Waals surface area contributed by atoms with Crippen molar-refractivity contribution >= 4 is 51.0 Å². The molecule has 1 heterocycles. The number of carbonyl (C=O) groups excluding carboxylic acids is 1. The van der Waals surface area contributed by atoms with Gasteiger partial charge in [0.15, 0.2) is 5.11 Å². The van der Waals surface area contributed by atoms with Gasteiger partial charge in [-0.1, -0.05) is 12.1 Å². The Hall–Kier alpha value is -2.52. The van der Waals surface area contributed by atoms with Gasteiger partial charge in [0.05, 0.1) is 17.6 Å². The Labute approximate surface area is 153 Å². The number of thiocarbonyl (C=S) groups is 1. The van der Waals surface area contributed by atoms with Gasteiger partial charge in [-0.15, -0.1) is 11.3 Å². The summed E-state index contributed by atoms with van der Waals surface area (Å²) >= 11 is 6.73. The summed E-state index contributed by atoms with van der Waals surface area (Å²) in [4.78, 5) is 23.9. The van der Waals surface area contributed by atoms with Crippen LogP contribution < -0.4 is 10.6 Å². The van der Waals surface area contributed by atoms with Crippen LogP contribution in [0.3, 0.4) is 0 Å². The van der Waals surface area contributed by atoms with Crippen molar-refractivity contribution in [2.45, 2.75) is 19.3 Å². The molecule has 1 aromatic heterocycles. The van der Waals surface area contributed by atoms with Gasteiger partial charge >= 0.3 is 5.97 Å². The molecule has 1 aliphatic carbocycles. The lowest BCUT2D eigenvalue weighted by Gasteiger charge is -2.11. The SMILES string of the molecule is COC(=O)c1c(NC(=S)Nc2ccccc2[N+](=O)[O-])sc2c1CCC2. The Bertz CT molecular complexity index is 863. The fourth-order valence-corrected chi connectivity index (χ4v) is 4.36. The summed E-state index contributed by atoms with van der Waals surface area (Å²) in [6.07, 6.45) is 2.78. The van der Waals surface area contributed by atoms with Crippen LogP contribution >= 0.6 is 23.6 Å². The van der Waals surface area contributed by atoms with Crippen LogP contribution in [0.4, 0.5) is 16.4 Å². The van der Waals surface area contributed by atoms with E-state index in [0.29, 0.717) is 10.6 Å². The van der Waals surface area contributed by atoms with E-state index in [1.165, 1.54) is 24.5 Å². The zero-order chi connectivity index (χ0) is 18.0. The molecule has 0 bridgehead atoms. The quantitative estimate of drug-likeness (QED) is 0.363. The van der Waals surface area contributed by atoms with E-state index in [4.69, 9.17) is 17.0 Å². The molecular weight excluding hydrogens is 362 g/mol. The number of hydrogen-bond acceptors (Lipinski definition) is 6. The van der Waals surface area contributed by atoms with Gasteiger partial charge in [-0.05, 0) is 43.1 Å². The van der Waals surface area contributed by atoms with E-state index in [1.807, 2.05) is 0 Å². The molecule has 130 valence electrons. The third-order valence-electron chi connectivity index (χ3n) is 3.89. The van der Waals surface area contributed by atoms with E-state index in [0.717, 1.165) is 29.7 Å². The standard InChI is InChI=1S/C16H15N3O4S2/c1-23-15(20)13-9-5-4-8-12(9)25-14(13)18-16(24)17-10-6-2-3-7-11(10)19(21)22/h2-3,6-7H,4-5,8H2,1H3,(H2,17,18,24). The van der Waals surface area contributed by atoms with Gasteiger partial charge in [-0.2, -0.15) is 0 Å². The number of carbonyl (C=O) groups is 1. The molecule has 1 aromatic carbocycles. The third kappa shape index (κ3) is 3.47. The molecule has 1 aliphatic rings. The Kier molecular flexibility index (Phi) is 4.95. The second-order valence-corrected chi connectivity index (χ2v) is 6.92. The van der Waals surface area contributed by atoms with Crippen molar-refractivity contribution < 1.29 is 14.5 Å². The summed E-state index contributed by atoms with van der Waals surface area (Å²) in [7, 11) is 1.34. The first-order chi connectivity index (χ1) is 12.0. The fourth-order valence-electron chi connectivity index (χ4n) is 2.81. The molecule has 9 heteroatoms. The van der Waals surface area contributed by atoms with Crippen molar-refractivity contribution in [1.82, 2.24) is 0 Å². The van der Waals surface area contributed by atoms with Gasteiger partial charge < -0.3 is 15.4 Å². The number of nitro benzene ring substituents is 1. The largest absolute Gasteiger partial charge is 0.465 e. The molecule has 0 unspecified atom stereocenters. The smallest absolute Gasteiger partial charge is 0.341 e. The van der Waals surface area contributed by atoms with Crippen LogP contribution in [-0.2, 0) is 17.6 Å². The maximum Gasteiger partial charge on any atom is 0.341 e. The molecule has 2 aromatic rings. The summed E-state index contributed by atoms with van der Waals surface area (Å²) in [6.45, 7) is 0. The molecular formula is C16H15N3O4S2. The average molecular weight is 377 g/mol. The highest BCUT2D eigenvalue weighted by Gasteiger charge is 2.27. The van der Waals surface area contributed by atoms with E-state index in [9.17, 15) is 14.9 Å². The van der Waals surface area contributed by atoms with E-state index >= 15 is 0 Å². The van der Waals surface area contributed by atoms with Crippen molar-refractivity contribution in [1.29, 1.82) is 0 Å². The summed E-state index contributed by atoms with van der Waals surface area (Å²) in [5, 5.41) is 17.7. The van der Waals surface area contributed by atoms with Crippen molar-refractivity contribution in [2.75, 3.05) is 17.7 Å². The first-order valence-corrected chi connectivity index (χ1v) is 8.78. The number of anilines is 2. The highest BCUT2D eigenvalue weighted by molar-refractivity contribution is 7.80. The lowest BCUT2D eigenvalue weighted by Crippen LogP contribution is -2.20. The van der Waals surface area contributed by atoms with Crippen LogP contribution in [-0.4, -0.2) is 23.1 Å². The Morgan fingerprint density at radius 3 is 2.80 bits per heavy atom. The Morgan fingerprint density at radius 2 is 2.08 bits per heavy atom. The van der Waals surface area contributed by atoms with Crippen LogP contribution in [0.15, 0.2) is 24.3 Å². The number of hydrogen-bond donors (Lipinski definition) is 2. The number of benzene rings is 1. The van der Waals surface area contributed by atoms with Gasteiger partial charge in [0, 0.05) is 10.9 Å². The second-order valence-electron chi connectivity index (χ2n) is 5.41. The van der Waals surface area contributed by atoms with Crippen LogP contribution in [0, 0.1) is 10.1 Å². The van der Waals surface area contributed by atoms with E-state index < -0.39 is 10.9 Å². The van der Waals surface area contributed by atoms with E-state index in [-0.39, 0.29) is 16.5 Å². The summed E-state index contributed by atoms with van der Waals surface area (Å²) in [5.41, 5.74) is 1.72. The minimum absolute atomic E-state index is 0.0754. The first kappa shape index (κ1) is 17.3. The van der Waals surface area contributed by atoms with Crippen LogP contribution in [0.25, 0.3) is 0 Å². The third-order valence-corrected chi connectivity index (χ3v) is 5.30. The predicted molar refractivity (Wildman–Crippen MR) is 101 cm³/mol. The lowest BCUT2D eigenvalue weighted by atomic mass is 10.1. The summed E-state index contributed by atoms with van der Waals surface area (Å²) in [6, 6.07) is 6.22. The normalized spacial score (nSPS) is 12.4. The van der Waals surface area contributed by atoms with Crippen molar-refractivity contribution in [3.05, 3.63) is 50.4 Å². The lowest BCUT2D eigenvalue weighted by molar-refractivity contribution is -0.383. The van der Waals surface area contributed by atoms with Crippen LogP contribution in [0.1, 0.15) is 27.2 Å². The van der Waals surface area contributed by atoms with E-state index in [2.05, 4.69) is 10.6 Å². The number of para-hydroxylation sites is 2. The zero-order valence-electron chi connectivity index (χ0n) is 13.3. The van der Waals surface area contributed by atoms with Crippen molar-refractivity contribution in [3.63, 3.8) is 0 Å². The number of nitrogens with zero attached hydrogens (tertiary/aromatic N) is 1. The number of nitrogens with one attached hydrogen (secondary N) is 2. The van der Waals surface area contributed by atoms with Gasteiger partial charge in [0.1, 0.15) is 10.7 Å². The molecule has 0 atom stereocenters. The maximum atomic E-state index is 12.1. The van der Waals surface area contributed by atoms with Crippen molar-refractivity contribution in [2.24, 2.45) is 0 Å². The van der Waals surface area contributed by atoms with E-state index in [1.54, 1.807) is 18.2 Å². The second kappa shape index (κ2) is 7.16. The molecule has 0 amide bonds. The number of rotatable bonds is 4. The molecule has 7 nitrogen and oxygen atoms in total. The minimum atomic E-state index is -0.482. The minimum Gasteiger partial charge on any atom is -0.465 e. The molecule has 0 fully saturated rings. The van der Waals surface area contributed by atoms with Crippen LogP contribution in [0.2, 0.25) is 0 Å². The number of fused-ring (bicyclic) bond motifs is 1. The number of nitro groups is 1. The molecule has 0 saturated heterocycles. The Balaban J connectivity index is 1.83. The van der Waals surface area contributed by atoms with Crippen LogP contribution in [0.5, 0.6) is 0 Å². The summed E-state index contributed by atoms with van der Waals surface area (Å²) in [5.74, 6) is -0.407. The fraction of sp³-hybridized carbons (Fsp3) is 0.250. The first-order valence-electron chi connectivity index (χ1n) is 7.55. The molecule has 0 spiro atoms. The summed E-state index contributed by atoms with van der Waals surface area (Å²) < 4.78 is 4.89. The van der Waals surface area contributed by atoms with Gasteiger partial charge in [0.25, 0.3) is 5.69 Å². The molecule has 0 saturated carbocycles. The molecule has 2 N–H and O–H groups in total. The molecule has 25 heavy (non-hydrogen) atoms. The van der Waals surface area contributed by atoms with Gasteiger partial charge in [-0.3, -0.25) is 10.1 Å². The monoisotopic (exact) mass is 377 g/mol. The number of thiophene rings is 1. The number of esters is 1. The topological polar surface area (TPSA) is 93.5 Å². The van der Waals surface area contributed by atoms with Gasteiger partial charge in [-0.25, -0.2) is 4.79 Å². The van der Waals surface area contributed by atoms with Gasteiger partial charge in [0.2, 0.25) is 0 Å². The highest BCUT2D eigenvalue weighted by atomic mass is 32.1. The molecule has 0 aliphatic heterocycles.